The molecular weight excluding hydrogens is 376 g/mol. The van der Waals surface area contributed by atoms with E-state index in [2.05, 4.69) is 16.0 Å². The number of carbonyl (C=O) groups excluding carboxylic acids is 4. The minimum atomic E-state index is -1.20. The molecule has 0 saturated heterocycles. The fourth-order valence-electron chi connectivity index (χ4n) is 2.10. The second kappa shape index (κ2) is 10.4. The van der Waals surface area contributed by atoms with Gasteiger partial charge in [-0.2, -0.15) is 0 Å². The number of benzene rings is 1. The van der Waals surface area contributed by atoms with Gasteiger partial charge in [-0.25, -0.2) is 9.59 Å². The molecule has 5 amide bonds. The van der Waals surface area contributed by atoms with Crippen LogP contribution in [-0.2, 0) is 14.3 Å². The van der Waals surface area contributed by atoms with E-state index in [1.807, 2.05) is 0 Å². The number of nitrogens with one attached hydrogen (secondary N) is 3. The lowest BCUT2D eigenvalue weighted by Crippen LogP contribution is -2.46. The van der Waals surface area contributed by atoms with E-state index in [-0.39, 0.29) is 12.5 Å². The van der Waals surface area contributed by atoms with Gasteiger partial charge in [0.1, 0.15) is 0 Å². The third kappa shape index (κ3) is 8.41. The highest BCUT2D eigenvalue weighted by Gasteiger charge is 2.23. The molecule has 0 fully saturated rings. The Morgan fingerprint density at radius 3 is 2.19 bits per heavy atom. The van der Waals surface area contributed by atoms with Gasteiger partial charge in [0.15, 0.2) is 6.10 Å². The highest BCUT2D eigenvalue weighted by atomic mass is 35.5. The summed E-state index contributed by atoms with van der Waals surface area (Å²) in [6.07, 6.45) is -1.46. The highest BCUT2D eigenvalue weighted by Crippen LogP contribution is 2.20. The second-order valence-corrected chi connectivity index (χ2v) is 6.50. The van der Waals surface area contributed by atoms with E-state index >= 15 is 0 Å². The first-order chi connectivity index (χ1) is 12.6. The van der Waals surface area contributed by atoms with Crippen molar-refractivity contribution in [2.24, 2.45) is 5.73 Å². The monoisotopic (exact) mass is 398 g/mol. The summed E-state index contributed by atoms with van der Waals surface area (Å²) in [6, 6.07) is 4.03. The standard InChI is InChI=1S/C17H23ClN4O5/c1-9(2)20-17(26)22-15(24)10(3)27-14(23)8-13(21-16(19)25)11-4-6-12(18)7-5-11/h4-7,9-10,13H,8H2,1-3H3,(H3,19,21,25)(H2,20,22,24,26)/t10-,13+/m0/s1. The van der Waals surface area contributed by atoms with Gasteiger partial charge in [0.2, 0.25) is 0 Å². The summed E-state index contributed by atoms with van der Waals surface area (Å²) in [5, 5.41) is 7.47. The number of halogens is 1. The molecule has 0 aliphatic rings. The van der Waals surface area contributed by atoms with E-state index < -0.39 is 36.1 Å². The second-order valence-electron chi connectivity index (χ2n) is 6.07. The molecule has 0 aliphatic carbocycles. The summed E-state index contributed by atoms with van der Waals surface area (Å²) < 4.78 is 5.03. The highest BCUT2D eigenvalue weighted by molar-refractivity contribution is 6.30. The van der Waals surface area contributed by atoms with Crippen LogP contribution in [0.4, 0.5) is 9.59 Å². The maximum atomic E-state index is 12.1. The average molecular weight is 399 g/mol. The fraction of sp³-hybridized carbons (Fsp3) is 0.412. The number of carbonyl (C=O) groups is 4. The molecule has 0 aromatic heterocycles. The topological polar surface area (TPSA) is 140 Å². The molecule has 9 nitrogen and oxygen atoms in total. The van der Waals surface area contributed by atoms with Crippen molar-refractivity contribution >= 4 is 35.5 Å². The molecule has 0 spiro atoms. The van der Waals surface area contributed by atoms with Crippen LogP contribution >= 0.6 is 11.6 Å². The first-order valence-corrected chi connectivity index (χ1v) is 8.58. The molecule has 148 valence electrons. The Morgan fingerprint density at radius 2 is 1.67 bits per heavy atom. The van der Waals surface area contributed by atoms with Gasteiger partial charge in [-0.15, -0.1) is 0 Å². The number of ether oxygens (including phenoxy) is 1. The summed E-state index contributed by atoms with van der Waals surface area (Å²) in [5.41, 5.74) is 5.73. The van der Waals surface area contributed by atoms with Crippen LogP contribution in [-0.4, -0.2) is 36.1 Å². The molecule has 10 heteroatoms. The van der Waals surface area contributed by atoms with Crippen molar-refractivity contribution in [3.63, 3.8) is 0 Å². The minimum absolute atomic E-state index is 0.157. The Morgan fingerprint density at radius 1 is 1.07 bits per heavy atom. The first-order valence-electron chi connectivity index (χ1n) is 8.20. The van der Waals surface area contributed by atoms with Crippen molar-refractivity contribution in [1.82, 2.24) is 16.0 Å². The molecule has 1 aromatic carbocycles. The summed E-state index contributed by atoms with van der Waals surface area (Å²) in [7, 11) is 0. The van der Waals surface area contributed by atoms with E-state index in [4.69, 9.17) is 22.1 Å². The summed E-state index contributed by atoms with van der Waals surface area (Å²) in [4.78, 5) is 46.7. The van der Waals surface area contributed by atoms with E-state index in [0.717, 1.165) is 0 Å². The van der Waals surface area contributed by atoms with Gasteiger partial charge in [0, 0.05) is 11.1 Å². The van der Waals surface area contributed by atoms with Crippen LogP contribution in [0, 0.1) is 0 Å². The largest absolute Gasteiger partial charge is 0.452 e. The molecular formula is C17H23ClN4O5. The molecule has 27 heavy (non-hydrogen) atoms. The molecule has 1 aromatic rings. The van der Waals surface area contributed by atoms with E-state index in [1.54, 1.807) is 38.1 Å². The molecule has 0 saturated carbocycles. The van der Waals surface area contributed by atoms with E-state index in [1.165, 1.54) is 6.92 Å². The molecule has 1 rings (SSSR count). The van der Waals surface area contributed by atoms with Crippen molar-refractivity contribution in [3.8, 4) is 0 Å². The summed E-state index contributed by atoms with van der Waals surface area (Å²) in [6.45, 7) is 4.79. The molecule has 0 radical (unpaired) electrons. The Balaban J connectivity index is 2.67. The Bertz CT molecular complexity index is 693. The molecule has 5 N–H and O–H groups in total. The van der Waals surface area contributed by atoms with Gasteiger partial charge in [0.25, 0.3) is 5.91 Å². The maximum Gasteiger partial charge on any atom is 0.321 e. The number of hydrogen-bond acceptors (Lipinski definition) is 5. The van der Waals surface area contributed by atoms with Crippen LogP contribution in [0.25, 0.3) is 0 Å². The van der Waals surface area contributed by atoms with Gasteiger partial charge in [0.05, 0.1) is 12.5 Å². The van der Waals surface area contributed by atoms with Gasteiger partial charge in [-0.3, -0.25) is 14.9 Å². The predicted octanol–water partition coefficient (Wildman–Crippen LogP) is 1.61. The van der Waals surface area contributed by atoms with Crippen molar-refractivity contribution < 1.29 is 23.9 Å². The fourth-order valence-corrected chi connectivity index (χ4v) is 2.22. The Hall–Kier alpha value is -2.81. The number of hydrogen-bond donors (Lipinski definition) is 4. The van der Waals surface area contributed by atoms with Crippen LogP contribution in [0.15, 0.2) is 24.3 Å². The minimum Gasteiger partial charge on any atom is -0.452 e. The van der Waals surface area contributed by atoms with Gasteiger partial charge < -0.3 is 21.1 Å². The van der Waals surface area contributed by atoms with E-state index in [0.29, 0.717) is 10.6 Å². The number of urea groups is 2. The van der Waals surface area contributed by atoms with Crippen LogP contribution in [0.3, 0.4) is 0 Å². The van der Waals surface area contributed by atoms with Crippen molar-refractivity contribution in [2.75, 3.05) is 0 Å². The molecule has 2 atom stereocenters. The number of esters is 1. The number of imide groups is 1. The molecule has 0 bridgehead atoms. The lowest BCUT2D eigenvalue weighted by Gasteiger charge is -2.19. The normalized spacial score (nSPS) is 12.6. The lowest BCUT2D eigenvalue weighted by molar-refractivity contribution is -0.154. The number of primary amides is 1. The van der Waals surface area contributed by atoms with E-state index in [9.17, 15) is 19.2 Å². The molecule has 0 heterocycles. The van der Waals surface area contributed by atoms with Crippen LogP contribution < -0.4 is 21.7 Å². The molecule has 0 unspecified atom stereocenters. The van der Waals surface area contributed by atoms with Crippen molar-refractivity contribution in [3.05, 3.63) is 34.9 Å². The predicted molar refractivity (Wildman–Crippen MR) is 98.9 cm³/mol. The Labute approximate surface area is 161 Å². The average Bonchev–Trinajstić information content (AvgIpc) is 2.53. The van der Waals surface area contributed by atoms with Crippen LogP contribution in [0.2, 0.25) is 5.02 Å². The van der Waals surface area contributed by atoms with Crippen LogP contribution in [0.5, 0.6) is 0 Å². The number of rotatable bonds is 7. The zero-order valence-electron chi connectivity index (χ0n) is 15.2. The Kier molecular flexibility index (Phi) is 8.53. The first kappa shape index (κ1) is 22.2. The summed E-state index contributed by atoms with van der Waals surface area (Å²) >= 11 is 5.82. The lowest BCUT2D eigenvalue weighted by atomic mass is 10.0. The smallest absolute Gasteiger partial charge is 0.321 e. The number of nitrogens with two attached hydrogens (primary N) is 1. The van der Waals surface area contributed by atoms with Crippen molar-refractivity contribution in [1.29, 1.82) is 0 Å². The van der Waals surface area contributed by atoms with Gasteiger partial charge in [-0.05, 0) is 38.5 Å². The maximum absolute atomic E-state index is 12.1. The number of amides is 5. The zero-order chi connectivity index (χ0) is 20.6. The third-order valence-corrected chi connectivity index (χ3v) is 3.55. The van der Waals surface area contributed by atoms with Gasteiger partial charge in [-0.1, -0.05) is 23.7 Å². The van der Waals surface area contributed by atoms with Gasteiger partial charge >= 0.3 is 18.0 Å². The van der Waals surface area contributed by atoms with Crippen LogP contribution in [0.1, 0.15) is 38.8 Å². The third-order valence-electron chi connectivity index (χ3n) is 3.29. The summed E-state index contributed by atoms with van der Waals surface area (Å²) in [5.74, 6) is -1.52. The zero-order valence-corrected chi connectivity index (χ0v) is 16.0. The quantitative estimate of drug-likeness (QED) is 0.516. The molecule has 0 aliphatic heterocycles. The van der Waals surface area contributed by atoms with Crippen molar-refractivity contribution in [2.45, 2.75) is 45.4 Å². The SMILES string of the molecule is CC(C)NC(=O)NC(=O)[C@H](C)OC(=O)C[C@@H](NC(N)=O)c1ccc(Cl)cc1.